The molecule has 0 unspecified atom stereocenters. The summed E-state index contributed by atoms with van der Waals surface area (Å²) >= 11 is 0. The van der Waals surface area contributed by atoms with Gasteiger partial charge in [-0.1, -0.05) is 12.1 Å². The number of aryl methyl sites for hydroxylation is 1. The number of imidazole rings is 1. The first-order valence-electron chi connectivity index (χ1n) is 8.11. The van der Waals surface area contributed by atoms with Crippen LogP contribution in [0.4, 0.5) is 5.69 Å². The van der Waals surface area contributed by atoms with Crippen LogP contribution in [0.1, 0.15) is 6.92 Å². The number of nitrogens with zero attached hydrogens (tertiary/aromatic N) is 4. The number of fused-ring (bicyclic) bond motifs is 1. The maximum atomic E-state index is 12.4. The second-order valence-electron chi connectivity index (χ2n) is 5.67. The molecule has 132 valence electrons. The minimum absolute atomic E-state index is 0.342. The molecule has 1 N–H and O–H groups in total. The molecule has 8 nitrogen and oxygen atoms in total. The summed E-state index contributed by atoms with van der Waals surface area (Å²) in [5, 5.41) is 3.31. The van der Waals surface area contributed by atoms with E-state index in [1.807, 2.05) is 31.2 Å². The van der Waals surface area contributed by atoms with Gasteiger partial charge in [0.2, 0.25) is 0 Å². The lowest BCUT2D eigenvalue weighted by molar-refractivity contribution is 0.341. The molecule has 0 aliphatic heterocycles. The third-order valence-electron chi connectivity index (χ3n) is 4.07. The Hall–Kier alpha value is -3.03. The van der Waals surface area contributed by atoms with Gasteiger partial charge in [0.1, 0.15) is 5.75 Å². The van der Waals surface area contributed by atoms with Gasteiger partial charge in [0.05, 0.1) is 18.6 Å². The third-order valence-corrected chi connectivity index (χ3v) is 4.07. The number of ether oxygens (including phenoxy) is 1. The highest BCUT2D eigenvalue weighted by atomic mass is 16.5. The number of para-hydroxylation sites is 2. The average molecular weight is 343 g/mol. The molecular weight excluding hydrogens is 322 g/mol. The quantitative estimate of drug-likeness (QED) is 0.720. The molecule has 25 heavy (non-hydrogen) atoms. The van der Waals surface area contributed by atoms with Crippen LogP contribution in [0.15, 0.2) is 40.2 Å². The van der Waals surface area contributed by atoms with E-state index in [1.165, 1.54) is 11.6 Å². The van der Waals surface area contributed by atoms with Crippen LogP contribution in [0.3, 0.4) is 0 Å². The fourth-order valence-electron chi connectivity index (χ4n) is 2.77. The molecule has 0 aliphatic rings. The van der Waals surface area contributed by atoms with Crippen LogP contribution in [0.5, 0.6) is 5.75 Å². The summed E-state index contributed by atoms with van der Waals surface area (Å²) in [4.78, 5) is 28.6. The highest BCUT2D eigenvalue weighted by molar-refractivity contribution is 5.70. The van der Waals surface area contributed by atoms with Crippen molar-refractivity contribution in [2.24, 2.45) is 14.1 Å². The van der Waals surface area contributed by atoms with Crippen molar-refractivity contribution in [3.63, 3.8) is 0 Å². The van der Waals surface area contributed by atoms with Gasteiger partial charge in [0, 0.05) is 27.2 Å². The molecule has 0 radical (unpaired) electrons. The van der Waals surface area contributed by atoms with Crippen molar-refractivity contribution < 1.29 is 4.74 Å². The van der Waals surface area contributed by atoms with Crippen LogP contribution >= 0.6 is 0 Å². The lowest BCUT2D eigenvalue weighted by Gasteiger charge is -2.12. The average Bonchev–Trinajstić information content (AvgIpc) is 3.04. The molecule has 3 rings (SSSR count). The molecule has 0 saturated carbocycles. The van der Waals surface area contributed by atoms with Crippen LogP contribution in [0, 0.1) is 0 Å². The first-order valence-corrected chi connectivity index (χ1v) is 8.11. The molecular formula is C17H21N5O3. The summed E-state index contributed by atoms with van der Waals surface area (Å²) in [6, 6.07) is 7.70. The fourth-order valence-corrected chi connectivity index (χ4v) is 2.77. The van der Waals surface area contributed by atoms with Crippen molar-refractivity contribution in [1.82, 2.24) is 18.7 Å². The molecule has 0 fully saturated rings. The van der Waals surface area contributed by atoms with Crippen molar-refractivity contribution >= 4 is 16.9 Å². The SMILES string of the molecule is CCOc1ccccc1NCCn1cnc2c1c(=O)n(C)c(=O)n2C. The van der Waals surface area contributed by atoms with Crippen molar-refractivity contribution in [1.29, 1.82) is 0 Å². The number of anilines is 1. The molecule has 0 aliphatic carbocycles. The molecule has 8 heteroatoms. The summed E-state index contributed by atoms with van der Waals surface area (Å²) in [6.07, 6.45) is 1.58. The van der Waals surface area contributed by atoms with Crippen LogP contribution < -0.4 is 21.3 Å². The lowest BCUT2D eigenvalue weighted by Crippen LogP contribution is -2.37. The highest BCUT2D eigenvalue weighted by Gasteiger charge is 2.14. The van der Waals surface area contributed by atoms with Crippen molar-refractivity contribution in [3.8, 4) is 5.75 Å². The second kappa shape index (κ2) is 6.84. The Labute approximate surface area is 144 Å². The Kier molecular flexibility index (Phi) is 4.60. The van der Waals surface area contributed by atoms with Crippen LogP contribution in [0.2, 0.25) is 0 Å². The van der Waals surface area contributed by atoms with Crippen LogP contribution in [-0.2, 0) is 20.6 Å². The van der Waals surface area contributed by atoms with Gasteiger partial charge in [0.25, 0.3) is 5.56 Å². The van der Waals surface area contributed by atoms with Gasteiger partial charge in [-0.3, -0.25) is 13.9 Å². The van der Waals surface area contributed by atoms with Gasteiger partial charge in [-0.25, -0.2) is 9.78 Å². The van der Waals surface area contributed by atoms with E-state index < -0.39 is 0 Å². The van der Waals surface area contributed by atoms with E-state index in [0.717, 1.165) is 16.0 Å². The van der Waals surface area contributed by atoms with E-state index in [-0.39, 0.29) is 11.2 Å². The first-order chi connectivity index (χ1) is 12.0. The lowest BCUT2D eigenvalue weighted by atomic mass is 10.3. The molecule has 0 saturated heterocycles. The molecule has 2 heterocycles. The van der Waals surface area contributed by atoms with Gasteiger partial charge in [-0.05, 0) is 19.1 Å². The number of hydrogen-bond acceptors (Lipinski definition) is 5. The summed E-state index contributed by atoms with van der Waals surface area (Å²) in [5.74, 6) is 0.791. The molecule has 0 atom stereocenters. The molecule has 2 aromatic heterocycles. The first kappa shape index (κ1) is 16.8. The zero-order valence-electron chi connectivity index (χ0n) is 14.5. The van der Waals surface area contributed by atoms with Crippen molar-refractivity contribution in [3.05, 3.63) is 51.4 Å². The largest absolute Gasteiger partial charge is 0.492 e. The van der Waals surface area contributed by atoms with E-state index in [9.17, 15) is 9.59 Å². The Balaban J connectivity index is 1.84. The Morgan fingerprint density at radius 3 is 2.68 bits per heavy atom. The van der Waals surface area contributed by atoms with Gasteiger partial charge in [-0.15, -0.1) is 0 Å². The smallest absolute Gasteiger partial charge is 0.332 e. The maximum absolute atomic E-state index is 12.4. The highest BCUT2D eigenvalue weighted by Crippen LogP contribution is 2.23. The summed E-state index contributed by atoms with van der Waals surface area (Å²) in [7, 11) is 3.08. The second-order valence-corrected chi connectivity index (χ2v) is 5.67. The molecule has 1 aromatic carbocycles. The summed E-state index contributed by atoms with van der Waals surface area (Å²) in [5.41, 5.74) is 0.984. The fraction of sp³-hybridized carbons (Fsp3) is 0.353. The molecule has 0 amide bonds. The zero-order valence-corrected chi connectivity index (χ0v) is 14.5. The Bertz CT molecular complexity index is 1020. The van der Waals surface area contributed by atoms with Gasteiger partial charge >= 0.3 is 5.69 Å². The van der Waals surface area contributed by atoms with E-state index in [4.69, 9.17) is 4.74 Å². The molecule has 0 bridgehead atoms. The number of hydrogen-bond donors (Lipinski definition) is 1. The Morgan fingerprint density at radius 2 is 1.92 bits per heavy atom. The van der Waals surface area contributed by atoms with Gasteiger partial charge in [0.15, 0.2) is 11.2 Å². The van der Waals surface area contributed by atoms with Crippen LogP contribution in [0.25, 0.3) is 11.2 Å². The van der Waals surface area contributed by atoms with Crippen molar-refractivity contribution in [2.45, 2.75) is 13.5 Å². The minimum Gasteiger partial charge on any atom is -0.492 e. The predicted molar refractivity (Wildman–Crippen MR) is 96.3 cm³/mol. The summed E-state index contributed by atoms with van der Waals surface area (Å²) in [6.45, 7) is 3.65. The number of benzene rings is 1. The van der Waals surface area contributed by atoms with E-state index in [0.29, 0.717) is 30.9 Å². The number of nitrogens with one attached hydrogen (secondary N) is 1. The predicted octanol–water partition coefficient (Wildman–Crippen LogP) is 0.944. The van der Waals surface area contributed by atoms with Crippen LogP contribution in [-0.4, -0.2) is 31.8 Å². The zero-order chi connectivity index (χ0) is 18.0. The standard InChI is InChI=1S/C17H21N5O3/c1-4-25-13-8-6-5-7-12(13)18-9-10-22-11-19-15-14(22)16(23)21(3)17(24)20(15)2/h5-8,11,18H,4,9-10H2,1-3H3. The summed E-state index contributed by atoms with van der Waals surface area (Å²) < 4.78 is 9.82. The van der Waals surface area contributed by atoms with E-state index in [1.54, 1.807) is 17.9 Å². The van der Waals surface area contributed by atoms with E-state index >= 15 is 0 Å². The van der Waals surface area contributed by atoms with Crippen molar-refractivity contribution in [2.75, 3.05) is 18.5 Å². The molecule has 3 aromatic rings. The normalized spacial score (nSPS) is 11.0. The maximum Gasteiger partial charge on any atom is 0.332 e. The minimum atomic E-state index is -0.383. The van der Waals surface area contributed by atoms with Gasteiger partial charge < -0.3 is 14.6 Å². The van der Waals surface area contributed by atoms with Gasteiger partial charge in [-0.2, -0.15) is 0 Å². The third kappa shape index (κ3) is 3.02. The number of rotatable bonds is 6. The van der Waals surface area contributed by atoms with E-state index in [2.05, 4.69) is 10.3 Å². The monoisotopic (exact) mass is 343 g/mol. The topological polar surface area (TPSA) is 83.1 Å². The Morgan fingerprint density at radius 1 is 1.16 bits per heavy atom. The number of aromatic nitrogens is 4. The molecule has 0 spiro atoms.